The van der Waals surface area contributed by atoms with Gasteiger partial charge < -0.3 is 20.1 Å². The Balaban J connectivity index is 2.54. The molecule has 110 valence electrons. The highest BCUT2D eigenvalue weighted by Gasteiger charge is 2.11. The van der Waals surface area contributed by atoms with Gasteiger partial charge in [0.2, 0.25) is 0 Å². The standard InChI is InChI=1S/C14H20N2O3S/c1-10-4-5-11(12(8-10)18-3)19-9-14(17)16(2)7-6-13(15)20/h4-5,8H,6-7,9H2,1-3H3,(H2,15,20). The number of carbonyl (C=O) groups excluding carboxylic acids is 1. The predicted molar refractivity (Wildman–Crippen MR) is 82.3 cm³/mol. The number of rotatable bonds is 7. The molecule has 0 bridgehead atoms. The largest absolute Gasteiger partial charge is 0.493 e. The summed E-state index contributed by atoms with van der Waals surface area (Å²) in [5.41, 5.74) is 6.47. The zero-order valence-electron chi connectivity index (χ0n) is 12.0. The fraction of sp³-hybridized carbons (Fsp3) is 0.429. The molecule has 0 aliphatic rings. The molecule has 1 amide bonds. The van der Waals surface area contributed by atoms with Crippen LogP contribution in [0.15, 0.2) is 18.2 Å². The number of benzene rings is 1. The van der Waals surface area contributed by atoms with Crippen LogP contribution in [0.4, 0.5) is 0 Å². The van der Waals surface area contributed by atoms with Crippen LogP contribution in [0.1, 0.15) is 12.0 Å². The van der Waals surface area contributed by atoms with E-state index in [0.717, 1.165) is 5.56 Å². The Labute approximate surface area is 124 Å². The lowest BCUT2D eigenvalue weighted by molar-refractivity contribution is -0.131. The van der Waals surface area contributed by atoms with Crippen molar-refractivity contribution in [1.29, 1.82) is 0 Å². The summed E-state index contributed by atoms with van der Waals surface area (Å²) < 4.78 is 10.7. The van der Waals surface area contributed by atoms with Gasteiger partial charge >= 0.3 is 0 Å². The third kappa shape index (κ3) is 5.05. The van der Waals surface area contributed by atoms with Gasteiger partial charge in [-0.15, -0.1) is 0 Å². The molecule has 5 nitrogen and oxygen atoms in total. The van der Waals surface area contributed by atoms with Gasteiger partial charge in [-0.25, -0.2) is 0 Å². The number of nitrogens with zero attached hydrogens (tertiary/aromatic N) is 1. The van der Waals surface area contributed by atoms with Crippen molar-refractivity contribution in [3.8, 4) is 11.5 Å². The Bertz CT molecular complexity index is 491. The zero-order chi connectivity index (χ0) is 15.1. The minimum Gasteiger partial charge on any atom is -0.493 e. The monoisotopic (exact) mass is 296 g/mol. The van der Waals surface area contributed by atoms with Crippen molar-refractivity contribution in [2.45, 2.75) is 13.3 Å². The lowest BCUT2D eigenvalue weighted by Crippen LogP contribution is -2.33. The average Bonchev–Trinajstić information content (AvgIpc) is 2.42. The van der Waals surface area contributed by atoms with Gasteiger partial charge in [0.15, 0.2) is 18.1 Å². The number of hydrogen-bond acceptors (Lipinski definition) is 4. The van der Waals surface area contributed by atoms with Crippen LogP contribution in [-0.2, 0) is 4.79 Å². The van der Waals surface area contributed by atoms with Crippen LogP contribution in [0.2, 0.25) is 0 Å². The summed E-state index contributed by atoms with van der Waals surface area (Å²) in [6.45, 7) is 2.40. The second kappa shape index (κ2) is 7.69. The molecule has 0 aromatic heterocycles. The molecule has 0 fully saturated rings. The number of methoxy groups -OCH3 is 1. The fourth-order valence-electron chi connectivity index (χ4n) is 1.55. The van der Waals surface area contributed by atoms with Crippen LogP contribution in [-0.4, -0.2) is 43.1 Å². The van der Waals surface area contributed by atoms with Crippen molar-refractivity contribution in [3.05, 3.63) is 23.8 Å². The molecule has 0 unspecified atom stereocenters. The van der Waals surface area contributed by atoms with Crippen LogP contribution < -0.4 is 15.2 Å². The summed E-state index contributed by atoms with van der Waals surface area (Å²) in [5.74, 6) is 1.03. The molecule has 1 rings (SSSR count). The molecule has 0 heterocycles. The van der Waals surface area contributed by atoms with Crippen LogP contribution in [0.3, 0.4) is 0 Å². The summed E-state index contributed by atoms with van der Waals surface area (Å²) in [7, 11) is 3.26. The first-order valence-electron chi connectivity index (χ1n) is 6.23. The van der Waals surface area contributed by atoms with Gasteiger partial charge in [-0.1, -0.05) is 18.3 Å². The molecule has 0 aliphatic heterocycles. The first-order valence-corrected chi connectivity index (χ1v) is 6.64. The van der Waals surface area contributed by atoms with Crippen molar-refractivity contribution in [2.75, 3.05) is 27.3 Å². The summed E-state index contributed by atoms with van der Waals surface area (Å²) >= 11 is 4.78. The normalized spacial score (nSPS) is 9.95. The van der Waals surface area contributed by atoms with Crippen LogP contribution in [0.5, 0.6) is 11.5 Å². The van der Waals surface area contributed by atoms with E-state index in [4.69, 9.17) is 27.4 Å². The van der Waals surface area contributed by atoms with Crippen molar-refractivity contribution >= 4 is 23.1 Å². The second-order valence-corrected chi connectivity index (χ2v) is 5.00. The summed E-state index contributed by atoms with van der Waals surface area (Å²) in [6.07, 6.45) is 0.505. The van der Waals surface area contributed by atoms with Gasteiger partial charge in [-0.3, -0.25) is 4.79 Å². The Morgan fingerprint density at radius 2 is 2.10 bits per heavy atom. The van der Waals surface area contributed by atoms with E-state index in [2.05, 4.69) is 0 Å². The number of likely N-dealkylation sites (N-methyl/N-ethyl adjacent to an activating group) is 1. The lowest BCUT2D eigenvalue weighted by Gasteiger charge is -2.17. The first kappa shape index (κ1) is 16.2. The molecule has 2 N–H and O–H groups in total. The third-order valence-corrected chi connectivity index (χ3v) is 2.99. The molecule has 20 heavy (non-hydrogen) atoms. The Kier molecular flexibility index (Phi) is 6.24. The Morgan fingerprint density at radius 3 is 2.70 bits per heavy atom. The molecule has 0 spiro atoms. The zero-order valence-corrected chi connectivity index (χ0v) is 12.8. The van der Waals surface area contributed by atoms with Gasteiger partial charge in [0.25, 0.3) is 5.91 Å². The van der Waals surface area contributed by atoms with E-state index >= 15 is 0 Å². The number of carbonyl (C=O) groups is 1. The van der Waals surface area contributed by atoms with E-state index in [1.54, 1.807) is 25.1 Å². The fourth-order valence-corrected chi connectivity index (χ4v) is 1.64. The molecule has 1 aromatic carbocycles. The van der Waals surface area contributed by atoms with Gasteiger partial charge in [0, 0.05) is 20.0 Å². The number of aryl methyl sites for hydroxylation is 1. The number of ether oxygens (including phenoxy) is 2. The van der Waals surface area contributed by atoms with E-state index in [9.17, 15) is 4.79 Å². The molecular formula is C14H20N2O3S. The smallest absolute Gasteiger partial charge is 0.260 e. The molecule has 0 radical (unpaired) electrons. The number of thiocarbonyl (C=S) groups is 1. The highest BCUT2D eigenvalue weighted by Crippen LogP contribution is 2.27. The Hall–Kier alpha value is -1.82. The molecule has 0 atom stereocenters. The highest BCUT2D eigenvalue weighted by molar-refractivity contribution is 7.80. The molecule has 1 aromatic rings. The van der Waals surface area contributed by atoms with E-state index in [1.165, 1.54) is 0 Å². The predicted octanol–water partition coefficient (Wildman–Crippen LogP) is 1.52. The van der Waals surface area contributed by atoms with Crippen molar-refractivity contribution < 1.29 is 14.3 Å². The minimum atomic E-state index is -0.135. The topological polar surface area (TPSA) is 64.8 Å². The average molecular weight is 296 g/mol. The molecule has 6 heteroatoms. The third-order valence-electron chi connectivity index (χ3n) is 2.79. The van der Waals surface area contributed by atoms with E-state index < -0.39 is 0 Å². The van der Waals surface area contributed by atoms with E-state index in [-0.39, 0.29) is 12.5 Å². The Morgan fingerprint density at radius 1 is 1.40 bits per heavy atom. The second-order valence-electron chi connectivity index (χ2n) is 4.47. The van der Waals surface area contributed by atoms with Crippen LogP contribution in [0.25, 0.3) is 0 Å². The SMILES string of the molecule is COc1cc(C)ccc1OCC(=O)N(C)CCC(N)=S. The molecule has 0 aliphatic carbocycles. The summed E-state index contributed by atoms with van der Waals surface area (Å²) in [4.78, 5) is 13.8. The van der Waals surface area contributed by atoms with Gasteiger partial charge in [-0.05, 0) is 24.6 Å². The molecule has 0 saturated heterocycles. The number of nitrogens with two attached hydrogens (primary N) is 1. The summed E-state index contributed by atoms with van der Waals surface area (Å²) in [6, 6.07) is 5.55. The van der Waals surface area contributed by atoms with E-state index in [0.29, 0.717) is 29.5 Å². The highest BCUT2D eigenvalue weighted by atomic mass is 32.1. The lowest BCUT2D eigenvalue weighted by atomic mass is 10.2. The number of amides is 1. The van der Waals surface area contributed by atoms with Gasteiger partial charge in [-0.2, -0.15) is 0 Å². The van der Waals surface area contributed by atoms with Gasteiger partial charge in [0.05, 0.1) is 12.1 Å². The molecular weight excluding hydrogens is 276 g/mol. The maximum atomic E-state index is 11.9. The quantitative estimate of drug-likeness (QED) is 0.773. The first-order chi connectivity index (χ1) is 9.43. The van der Waals surface area contributed by atoms with Crippen molar-refractivity contribution in [2.24, 2.45) is 5.73 Å². The number of hydrogen-bond donors (Lipinski definition) is 1. The maximum Gasteiger partial charge on any atom is 0.260 e. The molecule has 0 saturated carbocycles. The van der Waals surface area contributed by atoms with Crippen LogP contribution >= 0.6 is 12.2 Å². The minimum absolute atomic E-state index is 0.0484. The van der Waals surface area contributed by atoms with Crippen molar-refractivity contribution in [1.82, 2.24) is 4.90 Å². The summed E-state index contributed by atoms with van der Waals surface area (Å²) in [5, 5.41) is 0. The van der Waals surface area contributed by atoms with E-state index in [1.807, 2.05) is 19.1 Å². The van der Waals surface area contributed by atoms with Crippen molar-refractivity contribution in [3.63, 3.8) is 0 Å². The van der Waals surface area contributed by atoms with Crippen LogP contribution in [0, 0.1) is 6.92 Å². The maximum absolute atomic E-state index is 11.9. The van der Waals surface area contributed by atoms with Gasteiger partial charge in [0.1, 0.15) is 0 Å².